The van der Waals surface area contributed by atoms with Crippen molar-refractivity contribution < 1.29 is 13.9 Å². The lowest BCUT2D eigenvalue weighted by Crippen LogP contribution is -2.53. The number of halogens is 1. The van der Waals surface area contributed by atoms with Crippen molar-refractivity contribution in [2.24, 2.45) is 5.92 Å². The van der Waals surface area contributed by atoms with Crippen LogP contribution >= 0.6 is 0 Å². The molecule has 0 bridgehead atoms. The summed E-state index contributed by atoms with van der Waals surface area (Å²) in [4.78, 5) is 17.5. The minimum Gasteiger partial charge on any atom is -0.384 e. The Labute approximate surface area is 128 Å². The number of methoxy groups -OCH3 is 1. The first-order valence-corrected chi connectivity index (χ1v) is 7.22. The summed E-state index contributed by atoms with van der Waals surface area (Å²) >= 11 is 0. The van der Waals surface area contributed by atoms with Crippen molar-refractivity contribution in [1.29, 1.82) is 0 Å². The van der Waals surface area contributed by atoms with Crippen LogP contribution in [0.1, 0.15) is 0 Å². The molecule has 0 radical (unpaired) electrons. The summed E-state index contributed by atoms with van der Waals surface area (Å²) < 4.78 is 18.1. The van der Waals surface area contributed by atoms with Gasteiger partial charge in [-0.25, -0.2) is 4.39 Å². The fourth-order valence-corrected chi connectivity index (χ4v) is 2.65. The van der Waals surface area contributed by atoms with E-state index in [1.807, 2.05) is 6.07 Å². The van der Waals surface area contributed by atoms with E-state index in [1.54, 1.807) is 17.2 Å². The number of hydrogen-bond acceptors (Lipinski definition) is 4. The highest BCUT2D eigenvalue weighted by atomic mass is 19.1. The molecule has 3 rings (SSSR count). The zero-order valence-corrected chi connectivity index (χ0v) is 12.4. The quantitative estimate of drug-likeness (QED) is 0.916. The molecule has 0 atom stereocenters. The van der Waals surface area contributed by atoms with Crippen molar-refractivity contribution in [1.82, 2.24) is 9.88 Å². The van der Waals surface area contributed by atoms with Crippen LogP contribution in [-0.4, -0.2) is 49.1 Å². The van der Waals surface area contributed by atoms with Gasteiger partial charge in [-0.1, -0.05) is 0 Å². The molecule has 2 heterocycles. The predicted octanol–water partition coefficient (Wildman–Crippen LogP) is 1.89. The average molecular weight is 303 g/mol. The number of aromatic nitrogens is 1. The number of carbonyl (C=O) groups excluding carboxylic acids is 1. The third kappa shape index (κ3) is 3.01. The second kappa shape index (κ2) is 6.27. The molecule has 0 unspecified atom stereocenters. The molecule has 0 spiro atoms. The fourth-order valence-electron chi connectivity index (χ4n) is 2.65. The Morgan fingerprint density at radius 2 is 2.27 bits per heavy atom. The van der Waals surface area contributed by atoms with Crippen LogP contribution < -0.4 is 5.32 Å². The molecule has 0 saturated carbocycles. The largest absolute Gasteiger partial charge is 0.384 e. The number of nitrogens with zero attached hydrogens (tertiary/aromatic N) is 2. The molecule has 5 nitrogen and oxygen atoms in total. The molecule has 2 aromatic rings. The van der Waals surface area contributed by atoms with Crippen molar-refractivity contribution in [3.8, 4) is 0 Å². The normalized spacial score (nSPS) is 14.9. The molecule has 0 aliphatic carbocycles. The number of nitrogens with one attached hydrogen (secondary N) is 1. The molecule has 1 amide bonds. The Bertz CT molecular complexity index is 686. The van der Waals surface area contributed by atoms with Crippen LogP contribution in [0, 0.1) is 11.7 Å². The SMILES string of the molecule is COCC(=O)N1CC(CNc2ccnc3cc(F)ccc23)C1. The van der Waals surface area contributed by atoms with Gasteiger partial charge in [-0.15, -0.1) is 0 Å². The topological polar surface area (TPSA) is 54.5 Å². The lowest BCUT2D eigenvalue weighted by Gasteiger charge is -2.39. The minimum atomic E-state index is -0.288. The summed E-state index contributed by atoms with van der Waals surface area (Å²) in [5, 5.41) is 4.27. The summed E-state index contributed by atoms with van der Waals surface area (Å²) in [5.41, 5.74) is 1.57. The van der Waals surface area contributed by atoms with Gasteiger partial charge in [0.05, 0.1) is 5.52 Å². The minimum absolute atomic E-state index is 0.0311. The van der Waals surface area contributed by atoms with Crippen LogP contribution in [-0.2, 0) is 9.53 Å². The molecule has 6 heteroatoms. The second-order valence-electron chi connectivity index (χ2n) is 5.50. The van der Waals surface area contributed by atoms with Gasteiger partial charge >= 0.3 is 0 Å². The number of anilines is 1. The highest BCUT2D eigenvalue weighted by Crippen LogP contribution is 2.23. The molecule has 116 valence electrons. The van der Waals surface area contributed by atoms with E-state index in [1.165, 1.54) is 19.2 Å². The lowest BCUT2D eigenvalue weighted by molar-refractivity contribution is -0.141. The van der Waals surface area contributed by atoms with Crippen molar-refractivity contribution in [2.75, 3.05) is 38.7 Å². The van der Waals surface area contributed by atoms with Crippen LogP contribution in [0.4, 0.5) is 10.1 Å². The van der Waals surface area contributed by atoms with E-state index >= 15 is 0 Å². The maximum absolute atomic E-state index is 13.2. The third-order valence-corrected chi connectivity index (χ3v) is 3.86. The van der Waals surface area contributed by atoms with E-state index in [0.29, 0.717) is 11.4 Å². The predicted molar refractivity (Wildman–Crippen MR) is 82.1 cm³/mol. The molecule has 1 aromatic carbocycles. The van der Waals surface area contributed by atoms with Crippen LogP contribution in [0.25, 0.3) is 10.9 Å². The van der Waals surface area contributed by atoms with Crippen molar-refractivity contribution in [3.63, 3.8) is 0 Å². The maximum Gasteiger partial charge on any atom is 0.248 e. The number of likely N-dealkylation sites (tertiary alicyclic amines) is 1. The zero-order valence-electron chi connectivity index (χ0n) is 12.4. The van der Waals surface area contributed by atoms with Gasteiger partial charge in [-0.2, -0.15) is 0 Å². The second-order valence-corrected chi connectivity index (χ2v) is 5.50. The molecule has 22 heavy (non-hydrogen) atoms. The van der Waals surface area contributed by atoms with Crippen molar-refractivity contribution in [3.05, 3.63) is 36.3 Å². The molecular weight excluding hydrogens is 285 g/mol. The molecule has 1 aromatic heterocycles. The number of amides is 1. The van der Waals surface area contributed by atoms with Crippen LogP contribution in [0.15, 0.2) is 30.5 Å². The number of carbonyl (C=O) groups is 1. The number of pyridine rings is 1. The fraction of sp³-hybridized carbons (Fsp3) is 0.375. The van der Waals surface area contributed by atoms with Gasteiger partial charge in [0.15, 0.2) is 0 Å². The Morgan fingerprint density at radius 1 is 1.45 bits per heavy atom. The van der Waals surface area contributed by atoms with Gasteiger partial charge < -0.3 is 15.0 Å². The van der Waals surface area contributed by atoms with Gasteiger partial charge in [0.25, 0.3) is 0 Å². The van der Waals surface area contributed by atoms with Gasteiger partial charge in [0, 0.05) is 56.0 Å². The van der Waals surface area contributed by atoms with Crippen LogP contribution in [0.3, 0.4) is 0 Å². The van der Waals surface area contributed by atoms with Crippen LogP contribution in [0.5, 0.6) is 0 Å². The average Bonchev–Trinajstić information content (AvgIpc) is 2.45. The highest BCUT2D eigenvalue weighted by Gasteiger charge is 2.30. The molecule has 1 aliphatic rings. The molecule has 1 N–H and O–H groups in total. The molecule has 1 aliphatic heterocycles. The third-order valence-electron chi connectivity index (χ3n) is 3.86. The Hall–Kier alpha value is -2.21. The summed E-state index contributed by atoms with van der Waals surface area (Å²) in [7, 11) is 1.52. The van der Waals surface area contributed by atoms with Crippen LogP contribution in [0.2, 0.25) is 0 Å². The Balaban J connectivity index is 1.58. The lowest BCUT2D eigenvalue weighted by atomic mass is 10.00. The number of rotatable bonds is 5. The summed E-state index contributed by atoms with van der Waals surface area (Å²) in [5.74, 6) is 0.163. The van der Waals surface area contributed by atoms with E-state index in [4.69, 9.17) is 4.74 Å². The van der Waals surface area contributed by atoms with Crippen molar-refractivity contribution >= 4 is 22.5 Å². The van der Waals surface area contributed by atoms with E-state index in [-0.39, 0.29) is 18.3 Å². The monoisotopic (exact) mass is 303 g/mol. The van der Waals surface area contributed by atoms with E-state index in [0.717, 1.165) is 30.7 Å². The summed E-state index contributed by atoms with van der Waals surface area (Å²) in [6.07, 6.45) is 1.67. The summed E-state index contributed by atoms with van der Waals surface area (Å²) in [6, 6.07) is 6.47. The summed E-state index contributed by atoms with van der Waals surface area (Å²) in [6.45, 7) is 2.40. The molecule has 1 fully saturated rings. The number of fused-ring (bicyclic) bond motifs is 1. The van der Waals surface area contributed by atoms with Gasteiger partial charge in [-0.3, -0.25) is 9.78 Å². The molecular formula is C16H18FN3O2. The van der Waals surface area contributed by atoms with Gasteiger partial charge in [0.2, 0.25) is 5.91 Å². The van der Waals surface area contributed by atoms with E-state index in [2.05, 4.69) is 10.3 Å². The Morgan fingerprint density at radius 3 is 3.05 bits per heavy atom. The smallest absolute Gasteiger partial charge is 0.248 e. The van der Waals surface area contributed by atoms with Crippen molar-refractivity contribution in [2.45, 2.75) is 0 Å². The first kappa shape index (κ1) is 14.7. The van der Waals surface area contributed by atoms with E-state index < -0.39 is 0 Å². The molecule has 1 saturated heterocycles. The first-order valence-electron chi connectivity index (χ1n) is 7.22. The zero-order chi connectivity index (χ0) is 15.5. The number of hydrogen-bond donors (Lipinski definition) is 1. The van der Waals surface area contributed by atoms with E-state index in [9.17, 15) is 9.18 Å². The number of ether oxygens (including phenoxy) is 1. The highest BCUT2D eigenvalue weighted by molar-refractivity contribution is 5.90. The number of benzene rings is 1. The van der Waals surface area contributed by atoms with Gasteiger partial charge in [-0.05, 0) is 18.2 Å². The first-order chi connectivity index (χ1) is 10.7. The maximum atomic E-state index is 13.2. The standard InChI is InChI=1S/C16H18FN3O2/c1-22-10-16(21)20-8-11(9-20)7-19-14-4-5-18-15-6-12(17)2-3-13(14)15/h2-6,11H,7-10H2,1H3,(H,18,19). The van der Waals surface area contributed by atoms with Gasteiger partial charge in [0.1, 0.15) is 12.4 Å². The Kier molecular flexibility index (Phi) is 4.20.